The van der Waals surface area contributed by atoms with Gasteiger partial charge in [0.2, 0.25) is 0 Å². The zero-order valence-electron chi connectivity index (χ0n) is 11.2. The molecule has 0 heterocycles. The molecule has 0 aliphatic carbocycles. The number of benzene rings is 1. The van der Waals surface area contributed by atoms with E-state index in [1.807, 2.05) is 20.8 Å². The zero-order chi connectivity index (χ0) is 13.5. The lowest BCUT2D eigenvalue weighted by atomic mass is 10.1. The first-order valence-electron chi connectivity index (χ1n) is 6.23. The van der Waals surface area contributed by atoms with Crippen LogP contribution in [-0.4, -0.2) is 37.1 Å². The molecule has 0 aliphatic heterocycles. The Labute approximate surface area is 108 Å². The van der Waals surface area contributed by atoms with Crippen molar-refractivity contribution in [3.63, 3.8) is 0 Å². The van der Waals surface area contributed by atoms with Gasteiger partial charge in [0.05, 0.1) is 12.2 Å². The first-order chi connectivity index (χ1) is 8.60. The summed E-state index contributed by atoms with van der Waals surface area (Å²) in [4.78, 5) is 13.8. The van der Waals surface area contributed by atoms with E-state index in [-0.39, 0.29) is 11.5 Å². The van der Waals surface area contributed by atoms with Crippen LogP contribution in [0.4, 0.5) is 4.39 Å². The number of rotatable bonds is 6. The average Bonchev–Trinajstić information content (AvgIpc) is 2.37. The molecule has 0 spiro atoms. The highest BCUT2D eigenvalue weighted by Gasteiger charge is 2.17. The van der Waals surface area contributed by atoms with Crippen LogP contribution in [0.15, 0.2) is 18.2 Å². The summed E-state index contributed by atoms with van der Waals surface area (Å²) >= 11 is 0. The Hall–Kier alpha value is -1.42. The second kappa shape index (κ2) is 7.11. The number of hydrogen-bond donors (Lipinski definition) is 0. The highest BCUT2D eigenvalue weighted by Crippen LogP contribution is 2.12. The molecule has 1 aromatic rings. The van der Waals surface area contributed by atoms with Gasteiger partial charge in [0.25, 0.3) is 5.91 Å². The maximum absolute atomic E-state index is 13.6. The van der Waals surface area contributed by atoms with Crippen molar-refractivity contribution in [1.82, 2.24) is 4.90 Å². The smallest absolute Gasteiger partial charge is 0.256 e. The fourth-order valence-corrected chi connectivity index (χ4v) is 1.70. The van der Waals surface area contributed by atoms with Crippen LogP contribution in [0.2, 0.25) is 0 Å². The number of carbonyl (C=O) groups is 1. The molecule has 4 heteroatoms. The van der Waals surface area contributed by atoms with Crippen LogP contribution in [0.1, 0.15) is 29.8 Å². The molecule has 0 unspecified atom stereocenters. The number of carbonyl (C=O) groups excluding carboxylic acids is 1. The highest BCUT2D eigenvalue weighted by atomic mass is 19.1. The monoisotopic (exact) mass is 253 g/mol. The van der Waals surface area contributed by atoms with E-state index in [0.29, 0.717) is 26.3 Å². The fraction of sp³-hybridized carbons (Fsp3) is 0.500. The number of nitrogens with zero attached hydrogens (tertiary/aromatic N) is 1. The first kappa shape index (κ1) is 14.6. The van der Waals surface area contributed by atoms with Gasteiger partial charge in [0.15, 0.2) is 0 Å². The van der Waals surface area contributed by atoms with Gasteiger partial charge in [-0.1, -0.05) is 11.6 Å². The minimum atomic E-state index is -0.472. The third-order valence-electron chi connectivity index (χ3n) is 2.73. The molecule has 0 bridgehead atoms. The Morgan fingerprint density at radius 2 is 2.11 bits per heavy atom. The van der Waals surface area contributed by atoms with Crippen molar-refractivity contribution in [2.24, 2.45) is 0 Å². The lowest BCUT2D eigenvalue weighted by molar-refractivity contribution is 0.0665. The number of ether oxygens (including phenoxy) is 1. The van der Waals surface area contributed by atoms with Crippen LogP contribution in [-0.2, 0) is 4.74 Å². The van der Waals surface area contributed by atoms with E-state index in [2.05, 4.69) is 0 Å². The summed E-state index contributed by atoms with van der Waals surface area (Å²) in [6, 6.07) is 4.57. The first-order valence-corrected chi connectivity index (χ1v) is 6.23. The van der Waals surface area contributed by atoms with E-state index in [1.165, 1.54) is 6.07 Å². The topological polar surface area (TPSA) is 29.5 Å². The largest absolute Gasteiger partial charge is 0.380 e. The van der Waals surface area contributed by atoms with Gasteiger partial charge >= 0.3 is 0 Å². The van der Waals surface area contributed by atoms with E-state index < -0.39 is 5.82 Å². The fourth-order valence-electron chi connectivity index (χ4n) is 1.70. The zero-order valence-corrected chi connectivity index (χ0v) is 11.2. The van der Waals surface area contributed by atoms with Gasteiger partial charge in [-0.3, -0.25) is 4.79 Å². The van der Waals surface area contributed by atoms with Gasteiger partial charge in [-0.25, -0.2) is 4.39 Å². The molecular weight excluding hydrogens is 233 g/mol. The molecule has 0 saturated carbocycles. The molecule has 1 amide bonds. The number of likely N-dealkylation sites (N-methyl/N-ethyl adjacent to an activating group) is 1. The predicted octanol–water partition coefficient (Wildman–Crippen LogP) is 2.63. The summed E-state index contributed by atoms with van der Waals surface area (Å²) in [5.74, 6) is -0.751. The van der Waals surface area contributed by atoms with Crippen LogP contribution >= 0.6 is 0 Å². The van der Waals surface area contributed by atoms with Crippen molar-refractivity contribution in [2.45, 2.75) is 20.8 Å². The van der Waals surface area contributed by atoms with E-state index >= 15 is 0 Å². The second-order valence-corrected chi connectivity index (χ2v) is 4.07. The molecule has 0 radical (unpaired) electrons. The molecule has 18 heavy (non-hydrogen) atoms. The van der Waals surface area contributed by atoms with Crippen LogP contribution < -0.4 is 0 Å². The minimum Gasteiger partial charge on any atom is -0.380 e. The van der Waals surface area contributed by atoms with Gasteiger partial charge in [-0.2, -0.15) is 0 Å². The third-order valence-corrected chi connectivity index (χ3v) is 2.73. The lowest BCUT2D eigenvalue weighted by Crippen LogP contribution is -2.34. The van der Waals surface area contributed by atoms with Gasteiger partial charge < -0.3 is 9.64 Å². The van der Waals surface area contributed by atoms with Crippen LogP contribution in [0.3, 0.4) is 0 Å². The Morgan fingerprint density at radius 1 is 1.39 bits per heavy atom. The predicted molar refractivity (Wildman–Crippen MR) is 69.2 cm³/mol. The second-order valence-electron chi connectivity index (χ2n) is 4.07. The molecular formula is C14H20FNO2. The van der Waals surface area contributed by atoms with Crippen molar-refractivity contribution in [1.29, 1.82) is 0 Å². The van der Waals surface area contributed by atoms with Crippen LogP contribution in [0.25, 0.3) is 0 Å². The number of amides is 1. The summed E-state index contributed by atoms with van der Waals surface area (Å²) in [6.07, 6.45) is 0. The Bertz CT molecular complexity index is 407. The summed E-state index contributed by atoms with van der Waals surface area (Å²) in [5, 5.41) is 0. The number of aryl methyl sites for hydroxylation is 1. The third kappa shape index (κ3) is 3.81. The normalized spacial score (nSPS) is 10.4. The molecule has 3 nitrogen and oxygen atoms in total. The van der Waals surface area contributed by atoms with Gasteiger partial charge in [0.1, 0.15) is 5.82 Å². The summed E-state index contributed by atoms with van der Waals surface area (Å²) in [7, 11) is 0. The van der Waals surface area contributed by atoms with E-state index in [4.69, 9.17) is 4.74 Å². The molecule has 100 valence electrons. The molecule has 0 aromatic heterocycles. The Kier molecular flexibility index (Phi) is 5.78. The van der Waals surface area contributed by atoms with Crippen molar-refractivity contribution < 1.29 is 13.9 Å². The van der Waals surface area contributed by atoms with Crippen molar-refractivity contribution in [3.8, 4) is 0 Å². The minimum absolute atomic E-state index is 0.133. The Balaban J connectivity index is 2.79. The van der Waals surface area contributed by atoms with Gasteiger partial charge in [0, 0.05) is 19.7 Å². The van der Waals surface area contributed by atoms with E-state index in [9.17, 15) is 9.18 Å². The van der Waals surface area contributed by atoms with Crippen molar-refractivity contribution >= 4 is 5.91 Å². The molecule has 0 saturated heterocycles. The van der Waals surface area contributed by atoms with Crippen molar-refractivity contribution in [3.05, 3.63) is 35.1 Å². The molecule has 0 N–H and O–H groups in total. The van der Waals surface area contributed by atoms with Crippen LogP contribution in [0.5, 0.6) is 0 Å². The highest BCUT2D eigenvalue weighted by molar-refractivity contribution is 5.94. The summed E-state index contributed by atoms with van der Waals surface area (Å²) < 4.78 is 18.8. The SMILES string of the molecule is CCOCCN(CC)C(=O)c1cc(C)ccc1F. The van der Waals surface area contributed by atoms with Gasteiger partial charge in [-0.15, -0.1) is 0 Å². The average molecular weight is 253 g/mol. The van der Waals surface area contributed by atoms with E-state index in [1.54, 1.807) is 17.0 Å². The lowest BCUT2D eigenvalue weighted by Gasteiger charge is -2.21. The number of hydrogen-bond acceptors (Lipinski definition) is 2. The van der Waals surface area contributed by atoms with Crippen LogP contribution in [0, 0.1) is 12.7 Å². The molecule has 0 atom stereocenters. The summed E-state index contributed by atoms with van der Waals surface area (Å²) in [5.41, 5.74) is 1.01. The maximum atomic E-state index is 13.6. The summed E-state index contributed by atoms with van der Waals surface area (Å²) in [6.45, 7) is 7.73. The molecule has 0 fully saturated rings. The van der Waals surface area contributed by atoms with Gasteiger partial charge in [-0.05, 0) is 32.9 Å². The molecule has 1 rings (SSSR count). The Morgan fingerprint density at radius 3 is 2.72 bits per heavy atom. The van der Waals surface area contributed by atoms with Crippen molar-refractivity contribution in [2.75, 3.05) is 26.3 Å². The molecule has 0 aliphatic rings. The molecule has 1 aromatic carbocycles. The standard InChI is InChI=1S/C14H20FNO2/c1-4-16(8-9-18-5-2)14(17)12-10-11(3)6-7-13(12)15/h6-7,10H,4-5,8-9H2,1-3H3. The van der Waals surface area contributed by atoms with E-state index in [0.717, 1.165) is 5.56 Å². The number of halogens is 1. The quantitative estimate of drug-likeness (QED) is 0.729. The maximum Gasteiger partial charge on any atom is 0.256 e.